The van der Waals surface area contributed by atoms with Gasteiger partial charge in [0, 0.05) is 5.69 Å². The van der Waals surface area contributed by atoms with Gasteiger partial charge in [0.05, 0.1) is 0 Å². The van der Waals surface area contributed by atoms with Gasteiger partial charge in [-0.25, -0.2) is 0 Å². The smallest absolute Gasteiger partial charge is 0.325 e. The van der Waals surface area contributed by atoms with Crippen LogP contribution in [0.4, 0.5) is 5.69 Å². The summed E-state index contributed by atoms with van der Waals surface area (Å²) < 4.78 is 0. The van der Waals surface area contributed by atoms with E-state index >= 15 is 0 Å². The Morgan fingerprint density at radius 3 is 2.17 bits per heavy atom. The van der Waals surface area contributed by atoms with Crippen molar-refractivity contribution in [3.8, 4) is 0 Å². The molecule has 0 aliphatic rings. The van der Waals surface area contributed by atoms with E-state index in [-0.39, 0.29) is 0 Å². The van der Waals surface area contributed by atoms with Gasteiger partial charge in [0.1, 0.15) is 6.04 Å². The SMILES string of the molecule is CC(Nc1cccc(C(C)C)c1C(C)C)C(=O)O. The fourth-order valence-electron chi connectivity index (χ4n) is 2.15. The lowest BCUT2D eigenvalue weighted by Crippen LogP contribution is -2.26. The Hall–Kier alpha value is -1.51. The first-order valence-electron chi connectivity index (χ1n) is 6.46. The minimum absolute atomic E-state index is 0.368. The summed E-state index contributed by atoms with van der Waals surface area (Å²) >= 11 is 0. The molecule has 0 spiro atoms. The summed E-state index contributed by atoms with van der Waals surface area (Å²) in [4.78, 5) is 10.9. The van der Waals surface area contributed by atoms with E-state index in [2.05, 4.69) is 39.1 Å². The first kappa shape index (κ1) is 14.6. The predicted molar refractivity (Wildman–Crippen MR) is 75.3 cm³/mol. The quantitative estimate of drug-likeness (QED) is 0.834. The standard InChI is InChI=1S/C15H23NO2/c1-9(2)12-7-6-8-13(14(12)10(3)4)16-11(5)15(17)18/h6-11,16H,1-5H3,(H,17,18). The Balaban J connectivity index is 3.18. The van der Waals surface area contributed by atoms with Crippen LogP contribution >= 0.6 is 0 Å². The van der Waals surface area contributed by atoms with E-state index < -0.39 is 12.0 Å². The van der Waals surface area contributed by atoms with Crippen molar-refractivity contribution < 1.29 is 9.90 Å². The lowest BCUT2D eigenvalue weighted by molar-refractivity contribution is -0.137. The molecule has 0 amide bonds. The molecular weight excluding hydrogens is 226 g/mol. The summed E-state index contributed by atoms with van der Waals surface area (Å²) in [6.45, 7) is 10.3. The zero-order valence-corrected chi connectivity index (χ0v) is 11.8. The van der Waals surface area contributed by atoms with Crippen molar-refractivity contribution in [3.63, 3.8) is 0 Å². The molecule has 1 aromatic carbocycles. The van der Waals surface area contributed by atoms with Crippen LogP contribution in [0.3, 0.4) is 0 Å². The van der Waals surface area contributed by atoms with E-state index in [0.717, 1.165) is 5.69 Å². The maximum absolute atomic E-state index is 10.9. The maximum atomic E-state index is 10.9. The number of nitrogens with one attached hydrogen (secondary N) is 1. The maximum Gasteiger partial charge on any atom is 0.325 e. The van der Waals surface area contributed by atoms with E-state index in [9.17, 15) is 4.79 Å². The fourth-order valence-corrected chi connectivity index (χ4v) is 2.15. The monoisotopic (exact) mass is 249 g/mol. The van der Waals surface area contributed by atoms with Crippen LogP contribution in [-0.4, -0.2) is 17.1 Å². The number of carboxylic acids is 1. The van der Waals surface area contributed by atoms with Gasteiger partial charge in [0.15, 0.2) is 0 Å². The van der Waals surface area contributed by atoms with E-state index in [1.165, 1.54) is 11.1 Å². The largest absolute Gasteiger partial charge is 0.480 e. The number of aliphatic carboxylic acids is 1. The zero-order chi connectivity index (χ0) is 13.9. The van der Waals surface area contributed by atoms with E-state index in [4.69, 9.17) is 5.11 Å². The third kappa shape index (κ3) is 3.25. The minimum Gasteiger partial charge on any atom is -0.480 e. The average Bonchev–Trinajstić information content (AvgIpc) is 2.27. The second kappa shape index (κ2) is 5.89. The molecule has 0 saturated heterocycles. The van der Waals surface area contributed by atoms with Crippen molar-refractivity contribution in [2.75, 3.05) is 5.32 Å². The van der Waals surface area contributed by atoms with Gasteiger partial charge >= 0.3 is 5.97 Å². The normalized spacial score (nSPS) is 12.8. The Bertz CT molecular complexity index is 425. The van der Waals surface area contributed by atoms with Crippen molar-refractivity contribution in [1.82, 2.24) is 0 Å². The molecule has 18 heavy (non-hydrogen) atoms. The number of rotatable bonds is 5. The highest BCUT2D eigenvalue weighted by Crippen LogP contribution is 2.32. The molecule has 0 fully saturated rings. The molecule has 3 heteroatoms. The molecule has 0 saturated carbocycles. The van der Waals surface area contributed by atoms with Gasteiger partial charge in [0.25, 0.3) is 0 Å². The molecule has 1 rings (SSSR count). The predicted octanol–water partition coefficient (Wildman–Crippen LogP) is 3.82. The summed E-state index contributed by atoms with van der Waals surface area (Å²) in [5.41, 5.74) is 3.44. The lowest BCUT2D eigenvalue weighted by atomic mass is 9.89. The van der Waals surface area contributed by atoms with Crippen LogP contribution in [0.25, 0.3) is 0 Å². The third-order valence-corrected chi connectivity index (χ3v) is 3.08. The Morgan fingerprint density at radius 1 is 1.11 bits per heavy atom. The molecule has 1 atom stereocenters. The van der Waals surface area contributed by atoms with Gasteiger partial charge in [-0.05, 0) is 36.0 Å². The first-order valence-corrected chi connectivity index (χ1v) is 6.46. The van der Waals surface area contributed by atoms with Crippen LogP contribution in [0, 0.1) is 0 Å². The summed E-state index contributed by atoms with van der Waals surface area (Å²) in [7, 11) is 0. The highest BCUT2D eigenvalue weighted by molar-refractivity contribution is 5.77. The van der Waals surface area contributed by atoms with Crippen LogP contribution in [0.15, 0.2) is 18.2 Å². The van der Waals surface area contributed by atoms with E-state index in [1.807, 2.05) is 12.1 Å². The number of carboxylic acid groups (broad SMARTS) is 1. The second-order valence-electron chi connectivity index (χ2n) is 5.32. The number of hydrogen-bond donors (Lipinski definition) is 2. The topological polar surface area (TPSA) is 49.3 Å². The van der Waals surface area contributed by atoms with Crippen molar-refractivity contribution in [1.29, 1.82) is 0 Å². The third-order valence-electron chi connectivity index (χ3n) is 3.08. The van der Waals surface area contributed by atoms with Gasteiger partial charge in [-0.1, -0.05) is 39.8 Å². The molecule has 2 N–H and O–H groups in total. The van der Waals surface area contributed by atoms with Crippen LogP contribution in [0.5, 0.6) is 0 Å². The van der Waals surface area contributed by atoms with Gasteiger partial charge in [-0.3, -0.25) is 4.79 Å². The highest BCUT2D eigenvalue weighted by atomic mass is 16.4. The lowest BCUT2D eigenvalue weighted by Gasteiger charge is -2.22. The Labute approximate surface area is 109 Å². The van der Waals surface area contributed by atoms with Gasteiger partial charge < -0.3 is 10.4 Å². The molecule has 0 heterocycles. The minimum atomic E-state index is -0.834. The van der Waals surface area contributed by atoms with Gasteiger partial charge in [-0.15, -0.1) is 0 Å². The van der Waals surface area contributed by atoms with Crippen molar-refractivity contribution in [2.45, 2.75) is 52.5 Å². The molecule has 0 aromatic heterocycles. The molecule has 0 aliphatic heterocycles. The summed E-state index contributed by atoms with van der Waals surface area (Å²) in [5.74, 6) is -0.0314. The fraction of sp³-hybridized carbons (Fsp3) is 0.533. The molecule has 3 nitrogen and oxygen atoms in total. The van der Waals surface area contributed by atoms with Crippen LogP contribution < -0.4 is 5.32 Å². The van der Waals surface area contributed by atoms with Crippen LogP contribution in [0.2, 0.25) is 0 Å². The van der Waals surface area contributed by atoms with Crippen molar-refractivity contribution >= 4 is 11.7 Å². The first-order chi connectivity index (χ1) is 8.34. The molecule has 0 aliphatic carbocycles. The molecular formula is C15H23NO2. The molecule has 0 bridgehead atoms. The molecule has 0 radical (unpaired) electrons. The number of carbonyl (C=O) groups is 1. The van der Waals surface area contributed by atoms with Crippen molar-refractivity contribution in [3.05, 3.63) is 29.3 Å². The number of anilines is 1. The Kier molecular flexibility index (Phi) is 4.76. The molecule has 1 unspecified atom stereocenters. The summed E-state index contributed by atoms with van der Waals surface area (Å²) in [6.07, 6.45) is 0. The Morgan fingerprint density at radius 2 is 1.72 bits per heavy atom. The average molecular weight is 249 g/mol. The van der Waals surface area contributed by atoms with Crippen molar-refractivity contribution in [2.24, 2.45) is 0 Å². The van der Waals surface area contributed by atoms with Crippen LogP contribution in [0.1, 0.15) is 57.6 Å². The number of benzene rings is 1. The van der Waals surface area contributed by atoms with Gasteiger partial charge in [-0.2, -0.15) is 0 Å². The molecule has 100 valence electrons. The highest BCUT2D eigenvalue weighted by Gasteiger charge is 2.17. The zero-order valence-electron chi connectivity index (χ0n) is 11.8. The molecule has 1 aromatic rings. The van der Waals surface area contributed by atoms with E-state index in [0.29, 0.717) is 11.8 Å². The van der Waals surface area contributed by atoms with Gasteiger partial charge in [0.2, 0.25) is 0 Å². The summed E-state index contributed by atoms with van der Waals surface area (Å²) in [5, 5.41) is 12.1. The second-order valence-corrected chi connectivity index (χ2v) is 5.32. The number of hydrogen-bond acceptors (Lipinski definition) is 2. The van der Waals surface area contributed by atoms with E-state index in [1.54, 1.807) is 6.92 Å². The summed E-state index contributed by atoms with van der Waals surface area (Å²) in [6, 6.07) is 5.49. The van der Waals surface area contributed by atoms with Crippen LogP contribution in [-0.2, 0) is 4.79 Å².